The second kappa shape index (κ2) is 5.48. The van der Waals surface area contributed by atoms with Gasteiger partial charge in [-0.15, -0.1) is 0 Å². The van der Waals surface area contributed by atoms with Crippen molar-refractivity contribution in [3.63, 3.8) is 0 Å². The van der Waals surface area contributed by atoms with Crippen LogP contribution in [0, 0.1) is 5.41 Å². The monoisotopic (exact) mass is 304 g/mol. The van der Waals surface area contributed by atoms with E-state index in [9.17, 15) is 15.0 Å². The van der Waals surface area contributed by atoms with E-state index in [0.29, 0.717) is 0 Å². The van der Waals surface area contributed by atoms with Crippen molar-refractivity contribution in [1.82, 2.24) is 0 Å². The normalized spacial score (nSPS) is 36.3. The molecule has 7 nitrogen and oxygen atoms in total. The van der Waals surface area contributed by atoms with Crippen LogP contribution in [0.2, 0.25) is 0 Å². The molecule has 2 saturated heterocycles. The Hall–Kier alpha value is -0.730. The molecule has 0 aromatic heterocycles. The van der Waals surface area contributed by atoms with E-state index >= 15 is 0 Å². The van der Waals surface area contributed by atoms with Crippen LogP contribution in [0.1, 0.15) is 34.6 Å². The molecule has 122 valence electrons. The van der Waals surface area contributed by atoms with Crippen molar-refractivity contribution in [2.45, 2.75) is 71.1 Å². The molecule has 2 aliphatic rings. The highest BCUT2D eigenvalue weighted by molar-refractivity contribution is 5.75. The van der Waals surface area contributed by atoms with Crippen LogP contribution < -0.4 is 0 Å². The molecule has 0 radical (unpaired) electrons. The summed E-state index contributed by atoms with van der Waals surface area (Å²) in [6, 6.07) is 0. The minimum Gasteiger partial charge on any atom is -0.462 e. The molecule has 0 aromatic carbocycles. The van der Waals surface area contributed by atoms with E-state index in [1.165, 1.54) is 0 Å². The average Bonchev–Trinajstić information content (AvgIpc) is 2.79. The van der Waals surface area contributed by atoms with E-state index in [4.69, 9.17) is 18.9 Å². The summed E-state index contributed by atoms with van der Waals surface area (Å²) in [5.41, 5.74) is -0.651. The molecule has 0 aromatic rings. The van der Waals surface area contributed by atoms with Gasteiger partial charge in [0.1, 0.15) is 31.0 Å². The van der Waals surface area contributed by atoms with Crippen molar-refractivity contribution < 1.29 is 34.0 Å². The summed E-state index contributed by atoms with van der Waals surface area (Å²) >= 11 is 0. The molecule has 21 heavy (non-hydrogen) atoms. The molecular formula is C14H24O7. The van der Waals surface area contributed by atoms with Gasteiger partial charge in [-0.2, -0.15) is 0 Å². The van der Waals surface area contributed by atoms with E-state index < -0.39 is 47.9 Å². The number of ether oxygens (including phenoxy) is 4. The van der Waals surface area contributed by atoms with Crippen molar-refractivity contribution in [3.05, 3.63) is 0 Å². The summed E-state index contributed by atoms with van der Waals surface area (Å²) in [7, 11) is 0. The maximum atomic E-state index is 11.7. The van der Waals surface area contributed by atoms with Gasteiger partial charge in [0.25, 0.3) is 0 Å². The molecule has 0 spiro atoms. The van der Waals surface area contributed by atoms with E-state index in [1.54, 1.807) is 34.6 Å². The molecule has 2 fully saturated rings. The largest absolute Gasteiger partial charge is 0.462 e. The lowest BCUT2D eigenvalue weighted by Gasteiger charge is -2.26. The Morgan fingerprint density at radius 2 is 1.95 bits per heavy atom. The first-order chi connectivity index (χ1) is 9.51. The number of rotatable bonds is 3. The number of esters is 1. The second-order valence-corrected chi connectivity index (χ2v) is 6.98. The lowest BCUT2D eigenvalue weighted by atomic mass is 9.97. The summed E-state index contributed by atoms with van der Waals surface area (Å²) < 4.78 is 21.5. The molecule has 2 aliphatic heterocycles. The minimum atomic E-state index is -1.15. The van der Waals surface area contributed by atoms with Crippen LogP contribution in [0.4, 0.5) is 0 Å². The molecule has 0 bridgehead atoms. The van der Waals surface area contributed by atoms with Crippen molar-refractivity contribution in [2.75, 3.05) is 6.61 Å². The number of carbonyl (C=O) groups is 1. The molecule has 0 unspecified atom stereocenters. The Morgan fingerprint density at radius 3 is 2.48 bits per heavy atom. The standard InChI is InChI=1S/C14H24O7/c1-13(2,3)12(17)18-6-7(15)9-8(16)10-11(19-9)21-14(4,5)20-10/h7-11,15-16H,6H2,1-5H3/t7-,8+,9-,10-,11-/m1/s1. The molecule has 2 rings (SSSR count). The third kappa shape index (κ3) is 3.54. The lowest BCUT2D eigenvalue weighted by molar-refractivity contribution is -0.228. The van der Waals surface area contributed by atoms with Crippen LogP contribution in [-0.4, -0.2) is 59.3 Å². The van der Waals surface area contributed by atoms with Gasteiger partial charge in [0, 0.05) is 0 Å². The van der Waals surface area contributed by atoms with Gasteiger partial charge in [-0.25, -0.2) is 0 Å². The van der Waals surface area contributed by atoms with E-state index in [0.717, 1.165) is 0 Å². The lowest BCUT2D eigenvalue weighted by Crippen LogP contribution is -2.43. The van der Waals surface area contributed by atoms with Gasteiger partial charge in [-0.3, -0.25) is 4.79 Å². The fourth-order valence-corrected chi connectivity index (χ4v) is 2.31. The van der Waals surface area contributed by atoms with Gasteiger partial charge >= 0.3 is 5.97 Å². The van der Waals surface area contributed by atoms with Gasteiger partial charge in [0.2, 0.25) is 0 Å². The first-order valence-electron chi connectivity index (χ1n) is 7.06. The van der Waals surface area contributed by atoms with Crippen LogP contribution in [0.15, 0.2) is 0 Å². The second-order valence-electron chi connectivity index (χ2n) is 6.98. The molecular weight excluding hydrogens is 280 g/mol. The fraction of sp³-hybridized carbons (Fsp3) is 0.929. The number of aliphatic hydroxyl groups is 2. The highest BCUT2D eigenvalue weighted by Gasteiger charge is 2.56. The highest BCUT2D eigenvalue weighted by atomic mass is 16.8. The molecule has 0 amide bonds. The first kappa shape index (κ1) is 16.6. The molecule has 2 N–H and O–H groups in total. The van der Waals surface area contributed by atoms with Crippen molar-refractivity contribution in [2.24, 2.45) is 5.41 Å². The predicted molar refractivity (Wildman–Crippen MR) is 71.1 cm³/mol. The first-order valence-corrected chi connectivity index (χ1v) is 7.06. The molecule has 7 heteroatoms. The van der Waals surface area contributed by atoms with Crippen LogP contribution in [0.3, 0.4) is 0 Å². The third-order valence-corrected chi connectivity index (χ3v) is 3.43. The molecule has 2 heterocycles. The summed E-state index contributed by atoms with van der Waals surface area (Å²) in [6.45, 7) is 8.35. The minimum absolute atomic E-state index is 0.249. The number of hydrogen-bond donors (Lipinski definition) is 2. The summed E-state index contributed by atoms with van der Waals surface area (Å²) in [4.78, 5) is 11.7. The average molecular weight is 304 g/mol. The quantitative estimate of drug-likeness (QED) is 0.718. The third-order valence-electron chi connectivity index (χ3n) is 3.43. The van der Waals surface area contributed by atoms with Crippen LogP contribution >= 0.6 is 0 Å². The maximum Gasteiger partial charge on any atom is 0.311 e. The van der Waals surface area contributed by atoms with E-state index in [-0.39, 0.29) is 6.61 Å². The molecule has 5 atom stereocenters. The zero-order valence-corrected chi connectivity index (χ0v) is 13.0. The number of aliphatic hydroxyl groups excluding tert-OH is 2. The van der Waals surface area contributed by atoms with Crippen LogP contribution in [0.25, 0.3) is 0 Å². The van der Waals surface area contributed by atoms with Crippen molar-refractivity contribution in [3.8, 4) is 0 Å². The Kier molecular flexibility index (Phi) is 4.34. The van der Waals surface area contributed by atoms with Crippen LogP contribution in [-0.2, 0) is 23.7 Å². The van der Waals surface area contributed by atoms with Gasteiger partial charge in [-0.05, 0) is 34.6 Å². The SMILES string of the molecule is CC1(C)O[C@H]2O[C@H]([C@H](O)COC(=O)C(C)(C)C)[C@H](O)[C@H]2O1. The predicted octanol–water partition coefficient (Wildman–Crippen LogP) is 0.174. The fourth-order valence-electron chi connectivity index (χ4n) is 2.31. The van der Waals surface area contributed by atoms with Crippen molar-refractivity contribution in [1.29, 1.82) is 0 Å². The summed E-state index contributed by atoms with van der Waals surface area (Å²) in [5.74, 6) is -1.26. The molecule has 0 saturated carbocycles. The Labute approximate surface area is 124 Å². The van der Waals surface area contributed by atoms with Gasteiger partial charge in [0.15, 0.2) is 12.1 Å². The Bertz CT molecular complexity index is 401. The molecule has 0 aliphatic carbocycles. The van der Waals surface area contributed by atoms with Gasteiger partial charge in [-0.1, -0.05) is 0 Å². The maximum absolute atomic E-state index is 11.7. The van der Waals surface area contributed by atoms with Crippen LogP contribution in [0.5, 0.6) is 0 Å². The smallest absolute Gasteiger partial charge is 0.311 e. The van der Waals surface area contributed by atoms with Gasteiger partial charge < -0.3 is 29.2 Å². The van der Waals surface area contributed by atoms with Gasteiger partial charge in [0.05, 0.1) is 5.41 Å². The zero-order valence-electron chi connectivity index (χ0n) is 13.0. The number of carbonyl (C=O) groups excluding carboxylic acids is 1. The number of fused-ring (bicyclic) bond motifs is 1. The van der Waals surface area contributed by atoms with Crippen molar-refractivity contribution >= 4 is 5.97 Å². The highest BCUT2D eigenvalue weighted by Crippen LogP contribution is 2.38. The topological polar surface area (TPSA) is 94.5 Å². The number of hydrogen-bond acceptors (Lipinski definition) is 7. The Morgan fingerprint density at radius 1 is 1.33 bits per heavy atom. The zero-order chi connectivity index (χ0) is 16.0. The van der Waals surface area contributed by atoms with E-state index in [1.807, 2.05) is 0 Å². The summed E-state index contributed by atoms with van der Waals surface area (Å²) in [5, 5.41) is 20.2. The Balaban J connectivity index is 1.88. The summed E-state index contributed by atoms with van der Waals surface area (Å²) in [6.07, 6.45) is -4.48. The van der Waals surface area contributed by atoms with E-state index in [2.05, 4.69) is 0 Å².